The van der Waals surface area contributed by atoms with E-state index in [1.54, 1.807) is 0 Å². The Morgan fingerprint density at radius 1 is 1.27 bits per heavy atom. The van der Waals surface area contributed by atoms with Crippen molar-refractivity contribution < 1.29 is 0 Å². The average Bonchev–Trinajstić information content (AvgIpc) is 2.30. The Balaban J connectivity index is 2.19. The van der Waals surface area contributed by atoms with Crippen molar-refractivity contribution in [2.45, 2.75) is 32.2 Å². The minimum Gasteiger partial charge on any atom is -0.317 e. The predicted octanol–water partition coefficient (Wildman–Crippen LogP) is 3.15. The van der Waals surface area contributed by atoms with Gasteiger partial charge in [-0.3, -0.25) is 0 Å². The van der Waals surface area contributed by atoms with Gasteiger partial charge in [-0.05, 0) is 49.9 Å². The predicted molar refractivity (Wildman–Crippen MR) is 65.9 cm³/mol. The second-order valence-corrected chi connectivity index (χ2v) is 4.30. The summed E-state index contributed by atoms with van der Waals surface area (Å²) in [4.78, 5) is 0. The third kappa shape index (κ3) is 2.29. The lowest BCUT2D eigenvalue weighted by Gasteiger charge is -2.22. The van der Waals surface area contributed by atoms with Gasteiger partial charge in [0.2, 0.25) is 0 Å². The van der Waals surface area contributed by atoms with Crippen molar-refractivity contribution in [2.75, 3.05) is 7.05 Å². The van der Waals surface area contributed by atoms with E-state index in [0.717, 1.165) is 0 Å². The summed E-state index contributed by atoms with van der Waals surface area (Å²) in [6, 6.07) is 9.35. The standard InChI is InChI=1S/C14H19N/c1-11-5-3-4-6-14(11)12-7-9-13(15-2)10-8-12/h3-7,13,15H,8-10H2,1-2H3. The summed E-state index contributed by atoms with van der Waals surface area (Å²) in [5, 5.41) is 3.35. The monoisotopic (exact) mass is 201 g/mol. The fraction of sp³-hybridized carbons (Fsp3) is 0.429. The van der Waals surface area contributed by atoms with E-state index < -0.39 is 0 Å². The average molecular weight is 201 g/mol. The first-order valence-corrected chi connectivity index (χ1v) is 5.73. The molecule has 2 rings (SSSR count). The molecule has 0 amide bonds. The molecule has 1 atom stereocenters. The van der Waals surface area contributed by atoms with E-state index in [4.69, 9.17) is 0 Å². The normalized spacial score (nSPS) is 21.2. The molecule has 1 N–H and O–H groups in total. The minimum atomic E-state index is 0.678. The van der Waals surface area contributed by atoms with Crippen molar-refractivity contribution in [3.8, 4) is 0 Å². The topological polar surface area (TPSA) is 12.0 Å². The van der Waals surface area contributed by atoms with Crippen molar-refractivity contribution in [1.29, 1.82) is 0 Å². The molecule has 0 saturated carbocycles. The zero-order valence-electron chi connectivity index (χ0n) is 9.59. The van der Waals surface area contributed by atoms with Crippen LogP contribution in [0.2, 0.25) is 0 Å². The van der Waals surface area contributed by atoms with Gasteiger partial charge in [-0.15, -0.1) is 0 Å². The molecule has 0 bridgehead atoms. The zero-order chi connectivity index (χ0) is 10.7. The summed E-state index contributed by atoms with van der Waals surface area (Å²) >= 11 is 0. The number of aryl methyl sites for hydroxylation is 1. The molecule has 0 aromatic heterocycles. The summed E-state index contributed by atoms with van der Waals surface area (Å²) in [6.07, 6.45) is 6.03. The van der Waals surface area contributed by atoms with Crippen LogP contribution in [0.4, 0.5) is 0 Å². The molecule has 0 heterocycles. The highest BCUT2D eigenvalue weighted by Gasteiger charge is 2.14. The van der Waals surface area contributed by atoms with Crippen LogP contribution in [0.5, 0.6) is 0 Å². The van der Waals surface area contributed by atoms with Crippen LogP contribution >= 0.6 is 0 Å². The van der Waals surface area contributed by atoms with Gasteiger partial charge in [0, 0.05) is 6.04 Å². The Bertz CT molecular complexity index is 365. The third-order valence-corrected chi connectivity index (χ3v) is 3.31. The van der Waals surface area contributed by atoms with E-state index in [1.165, 1.54) is 36.0 Å². The van der Waals surface area contributed by atoms with Crippen molar-refractivity contribution in [3.05, 3.63) is 41.5 Å². The van der Waals surface area contributed by atoms with Crippen LogP contribution in [-0.4, -0.2) is 13.1 Å². The van der Waals surface area contributed by atoms with Gasteiger partial charge in [0.1, 0.15) is 0 Å². The second kappa shape index (κ2) is 4.63. The molecule has 1 aromatic rings. The van der Waals surface area contributed by atoms with Gasteiger partial charge >= 0.3 is 0 Å². The number of hydrogen-bond acceptors (Lipinski definition) is 1. The van der Waals surface area contributed by atoms with E-state index >= 15 is 0 Å². The van der Waals surface area contributed by atoms with Gasteiger partial charge in [-0.25, -0.2) is 0 Å². The minimum absolute atomic E-state index is 0.678. The van der Waals surface area contributed by atoms with Gasteiger partial charge in [-0.1, -0.05) is 30.3 Å². The first-order valence-electron chi connectivity index (χ1n) is 5.73. The number of rotatable bonds is 2. The van der Waals surface area contributed by atoms with Crippen LogP contribution in [0.15, 0.2) is 30.3 Å². The molecular weight excluding hydrogens is 182 g/mol. The van der Waals surface area contributed by atoms with Crippen LogP contribution in [0.3, 0.4) is 0 Å². The molecule has 1 aliphatic carbocycles. The molecule has 15 heavy (non-hydrogen) atoms. The maximum atomic E-state index is 3.35. The summed E-state index contributed by atoms with van der Waals surface area (Å²) in [5.41, 5.74) is 4.36. The lowest BCUT2D eigenvalue weighted by Crippen LogP contribution is -2.26. The highest BCUT2D eigenvalue weighted by molar-refractivity contribution is 5.68. The maximum Gasteiger partial charge on any atom is 0.0102 e. The lowest BCUT2D eigenvalue weighted by molar-refractivity contribution is 0.523. The Morgan fingerprint density at radius 2 is 2.07 bits per heavy atom. The second-order valence-electron chi connectivity index (χ2n) is 4.30. The van der Waals surface area contributed by atoms with Gasteiger partial charge in [0.25, 0.3) is 0 Å². The van der Waals surface area contributed by atoms with Crippen LogP contribution in [0.1, 0.15) is 30.4 Å². The van der Waals surface area contributed by atoms with E-state index in [1.807, 2.05) is 0 Å². The maximum absolute atomic E-state index is 3.35. The Hall–Kier alpha value is -1.08. The molecule has 0 radical (unpaired) electrons. The van der Waals surface area contributed by atoms with Crippen LogP contribution in [-0.2, 0) is 0 Å². The van der Waals surface area contributed by atoms with Gasteiger partial charge in [0.15, 0.2) is 0 Å². The summed E-state index contributed by atoms with van der Waals surface area (Å²) in [5.74, 6) is 0. The summed E-state index contributed by atoms with van der Waals surface area (Å²) in [7, 11) is 2.05. The largest absolute Gasteiger partial charge is 0.317 e. The molecule has 1 nitrogen and oxygen atoms in total. The molecule has 0 aliphatic heterocycles. The highest BCUT2D eigenvalue weighted by atomic mass is 14.9. The van der Waals surface area contributed by atoms with Gasteiger partial charge in [0.05, 0.1) is 0 Å². The first-order chi connectivity index (χ1) is 7.31. The molecule has 0 saturated heterocycles. The molecule has 1 aliphatic rings. The van der Waals surface area contributed by atoms with Crippen molar-refractivity contribution in [1.82, 2.24) is 5.32 Å². The van der Waals surface area contributed by atoms with E-state index in [2.05, 4.69) is 49.6 Å². The van der Waals surface area contributed by atoms with Crippen molar-refractivity contribution >= 4 is 5.57 Å². The Kier molecular flexibility index (Phi) is 3.22. The number of benzene rings is 1. The van der Waals surface area contributed by atoms with Crippen LogP contribution in [0, 0.1) is 6.92 Å². The fourth-order valence-corrected chi connectivity index (χ4v) is 2.27. The highest BCUT2D eigenvalue weighted by Crippen LogP contribution is 2.28. The van der Waals surface area contributed by atoms with Gasteiger partial charge in [-0.2, -0.15) is 0 Å². The van der Waals surface area contributed by atoms with E-state index in [0.29, 0.717) is 6.04 Å². The number of allylic oxidation sites excluding steroid dienone is 1. The van der Waals surface area contributed by atoms with E-state index in [-0.39, 0.29) is 0 Å². The van der Waals surface area contributed by atoms with Crippen molar-refractivity contribution in [3.63, 3.8) is 0 Å². The fourth-order valence-electron chi connectivity index (χ4n) is 2.27. The quantitative estimate of drug-likeness (QED) is 0.775. The SMILES string of the molecule is CNC1CC=C(c2ccccc2C)CC1. The molecule has 0 spiro atoms. The van der Waals surface area contributed by atoms with E-state index in [9.17, 15) is 0 Å². The molecule has 80 valence electrons. The molecule has 1 aromatic carbocycles. The summed E-state index contributed by atoms with van der Waals surface area (Å²) < 4.78 is 0. The lowest BCUT2D eigenvalue weighted by atomic mass is 9.89. The van der Waals surface area contributed by atoms with Crippen LogP contribution < -0.4 is 5.32 Å². The van der Waals surface area contributed by atoms with Gasteiger partial charge < -0.3 is 5.32 Å². The first kappa shape index (κ1) is 10.4. The third-order valence-electron chi connectivity index (χ3n) is 3.31. The van der Waals surface area contributed by atoms with Crippen molar-refractivity contribution in [2.24, 2.45) is 0 Å². The Labute approximate surface area is 92.2 Å². The summed E-state index contributed by atoms with van der Waals surface area (Å²) in [6.45, 7) is 2.19. The molecule has 1 unspecified atom stereocenters. The van der Waals surface area contributed by atoms with Crippen LogP contribution in [0.25, 0.3) is 5.57 Å². The number of nitrogens with one attached hydrogen (secondary N) is 1. The number of hydrogen-bond donors (Lipinski definition) is 1. The molecular formula is C14H19N. The Morgan fingerprint density at radius 3 is 2.67 bits per heavy atom. The molecule has 1 heteroatoms. The smallest absolute Gasteiger partial charge is 0.0102 e. The molecule has 0 fully saturated rings. The zero-order valence-corrected chi connectivity index (χ0v) is 9.59.